The molecule has 4 aromatic rings. The molecular weight excluding hydrogens is 414 g/mol. The van der Waals surface area contributed by atoms with Gasteiger partial charge in [-0.1, -0.05) is 43.7 Å². The minimum Gasteiger partial charge on any atom is -0.473 e. The lowest BCUT2D eigenvalue weighted by Crippen LogP contribution is -2.09. The summed E-state index contributed by atoms with van der Waals surface area (Å²) < 4.78 is 6.03. The smallest absolute Gasteiger partial charge is 0.241 e. The number of nitrogens with zero attached hydrogens (tertiary/aromatic N) is 3. The van der Waals surface area contributed by atoms with E-state index < -0.39 is 0 Å². The molecule has 0 aliphatic rings. The first-order chi connectivity index (χ1) is 15.6. The molecule has 0 saturated heterocycles. The highest BCUT2D eigenvalue weighted by molar-refractivity contribution is 7.09. The number of aromatic nitrogens is 3. The summed E-state index contributed by atoms with van der Waals surface area (Å²) >= 11 is 1.78. The van der Waals surface area contributed by atoms with Gasteiger partial charge in [0, 0.05) is 10.9 Å². The van der Waals surface area contributed by atoms with E-state index >= 15 is 0 Å². The SMILES string of the molecule is CCc1nc(CCCCCc2cccc(-c3nc4ccccc4nc3OC(C)C)c2)cs1. The molecule has 0 fully saturated rings. The van der Waals surface area contributed by atoms with Gasteiger partial charge in [0.25, 0.3) is 0 Å². The van der Waals surface area contributed by atoms with E-state index in [9.17, 15) is 0 Å². The number of hydrogen-bond acceptors (Lipinski definition) is 5. The Hall–Kier alpha value is -2.79. The molecule has 4 rings (SSSR count). The third-order valence-corrected chi connectivity index (χ3v) is 6.43. The van der Waals surface area contributed by atoms with E-state index in [-0.39, 0.29) is 6.10 Å². The van der Waals surface area contributed by atoms with Crippen molar-refractivity contribution in [1.82, 2.24) is 15.0 Å². The lowest BCUT2D eigenvalue weighted by atomic mass is 10.0. The van der Waals surface area contributed by atoms with Crippen LogP contribution in [0.1, 0.15) is 56.3 Å². The van der Waals surface area contributed by atoms with Gasteiger partial charge in [0.1, 0.15) is 5.69 Å². The monoisotopic (exact) mass is 445 g/mol. The summed E-state index contributed by atoms with van der Waals surface area (Å²) in [6, 6.07) is 16.6. The number of rotatable bonds is 10. The average molecular weight is 446 g/mol. The van der Waals surface area contributed by atoms with Gasteiger partial charge in [-0.15, -0.1) is 11.3 Å². The van der Waals surface area contributed by atoms with Gasteiger partial charge in [-0.2, -0.15) is 0 Å². The Morgan fingerprint density at radius 2 is 1.66 bits per heavy atom. The van der Waals surface area contributed by atoms with Gasteiger partial charge in [-0.05, 0) is 69.7 Å². The fraction of sp³-hybridized carbons (Fsp3) is 0.370. The Morgan fingerprint density at radius 1 is 0.875 bits per heavy atom. The molecule has 0 aliphatic carbocycles. The fourth-order valence-electron chi connectivity index (χ4n) is 3.79. The zero-order valence-corrected chi connectivity index (χ0v) is 20.0. The van der Waals surface area contributed by atoms with Crippen molar-refractivity contribution < 1.29 is 4.74 Å². The second-order valence-electron chi connectivity index (χ2n) is 8.38. The van der Waals surface area contributed by atoms with Gasteiger partial charge < -0.3 is 4.74 Å². The van der Waals surface area contributed by atoms with Crippen LogP contribution in [0.4, 0.5) is 0 Å². The molecule has 2 aromatic carbocycles. The highest BCUT2D eigenvalue weighted by Gasteiger charge is 2.14. The van der Waals surface area contributed by atoms with Gasteiger partial charge in [0.15, 0.2) is 0 Å². The van der Waals surface area contributed by atoms with Gasteiger partial charge in [0.2, 0.25) is 5.88 Å². The lowest BCUT2D eigenvalue weighted by Gasteiger charge is -2.14. The number of hydrogen-bond donors (Lipinski definition) is 0. The van der Waals surface area contributed by atoms with Gasteiger partial charge in [-0.25, -0.2) is 15.0 Å². The van der Waals surface area contributed by atoms with Crippen LogP contribution in [-0.4, -0.2) is 21.1 Å². The van der Waals surface area contributed by atoms with Crippen molar-refractivity contribution >= 4 is 22.4 Å². The summed E-state index contributed by atoms with van der Waals surface area (Å²) in [6.45, 7) is 6.20. The van der Waals surface area contributed by atoms with Crippen molar-refractivity contribution in [1.29, 1.82) is 0 Å². The van der Waals surface area contributed by atoms with Gasteiger partial charge in [0.05, 0.1) is 27.8 Å². The molecule has 32 heavy (non-hydrogen) atoms. The van der Waals surface area contributed by atoms with Crippen LogP contribution in [-0.2, 0) is 19.3 Å². The molecule has 0 radical (unpaired) electrons. The van der Waals surface area contributed by atoms with E-state index in [1.807, 2.05) is 38.1 Å². The topological polar surface area (TPSA) is 47.9 Å². The number of aryl methyl sites for hydroxylation is 3. The van der Waals surface area contributed by atoms with Crippen molar-refractivity contribution in [3.63, 3.8) is 0 Å². The summed E-state index contributed by atoms with van der Waals surface area (Å²) in [5.41, 5.74) is 6.20. The molecule has 0 unspecified atom stereocenters. The lowest BCUT2D eigenvalue weighted by molar-refractivity contribution is 0.234. The largest absolute Gasteiger partial charge is 0.473 e. The van der Waals surface area contributed by atoms with Crippen molar-refractivity contribution in [2.24, 2.45) is 0 Å². The summed E-state index contributed by atoms with van der Waals surface area (Å²) in [5, 5.41) is 3.46. The van der Waals surface area contributed by atoms with Crippen LogP contribution >= 0.6 is 11.3 Å². The molecule has 0 spiro atoms. The quantitative estimate of drug-likeness (QED) is 0.245. The summed E-state index contributed by atoms with van der Waals surface area (Å²) in [6.07, 6.45) is 6.79. The second kappa shape index (κ2) is 10.7. The van der Waals surface area contributed by atoms with E-state index in [1.54, 1.807) is 11.3 Å². The van der Waals surface area contributed by atoms with E-state index in [4.69, 9.17) is 14.7 Å². The number of fused-ring (bicyclic) bond motifs is 1. The van der Waals surface area contributed by atoms with Crippen LogP contribution in [0.3, 0.4) is 0 Å². The first-order valence-corrected chi connectivity index (χ1v) is 12.5. The number of thiazole rings is 1. The van der Waals surface area contributed by atoms with E-state index in [2.05, 4.69) is 41.6 Å². The van der Waals surface area contributed by atoms with Crippen LogP contribution in [0, 0.1) is 0 Å². The first-order valence-electron chi connectivity index (χ1n) is 11.6. The van der Waals surface area contributed by atoms with Crippen molar-refractivity contribution in [2.45, 2.75) is 65.4 Å². The minimum absolute atomic E-state index is 0.0403. The third kappa shape index (κ3) is 5.71. The molecular formula is C27H31N3OS. The molecule has 0 amide bonds. The Kier molecular flexibility index (Phi) is 7.48. The van der Waals surface area contributed by atoms with Crippen molar-refractivity contribution in [3.05, 3.63) is 70.2 Å². The number of para-hydroxylation sites is 2. The molecule has 0 bridgehead atoms. The third-order valence-electron chi connectivity index (χ3n) is 5.39. The highest BCUT2D eigenvalue weighted by atomic mass is 32.1. The molecule has 166 valence electrons. The normalized spacial score (nSPS) is 11.4. The maximum Gasteiger partial charge on any atom is 0.241 e. The van der Waals surface area contributed by atoms with Crippen LogP contribution in [0.15, 0.2) is 53.9 Å². The summed E-state index contributed by atoms with van der Waals surface area (Å²) in [7, 11) is 0. The zero-order valence-electron chi connectivity index (χ0n) is 19.2. The molecule has 2 heterocycles. The van der Waals surface area contributed by atoms with E-state index in [0.29, 0.717) is 5.88 Å². The standard InChI is InChI=1S/C27H31N3OS/c1-4-25-28-22(18-32-25)14-7-5-6-11-20-12-10-13-21(17-20)26-27(31-19(2)3)30-24-16-9-8-15-23(24)29-26/h8-10,12-13,15-19H,4-7,11,14H2,1-3H3. The molecule has 5 heteroatoms. The van der Waals surface area contributed by atoms with Crippen LogP contribution in [0.25, 0.3) is 22.3 Å². The molecule has 4 nitrogen and oxygen atoms in total. The van der Waals surface area contributed by atoms with Crippen LogP contribution in [0.2, 0.25) is 0 Å². The fourth-order valence-corrected chi connectivity index (χ4v) is 4.57. The van der Waals surface area contributed by atoms with Crippen molar-refractivity contribution in [2.75, 3.05) is 0 Å². The average Bonchev–Trinajstić information content (AvgIpc) is 3.26. The predicted molar refractivity (Wildman–Crippen MR) is 133 cm³/mol. The van der Waals surface area contributed by atoms with E-state index in [1.165, 1.54) is 35.5 Å². The minimum atomic E-state index is 0.0403. The van der Waals surface area contributed by atoms with Crippen molar-refractivity contribution in [3.8, 4) is 17.1 Å². The highest BCUT2D eigenvalue weighted by Crippen LogP contribution is 2.30. The summed E-state index contributed by atoms with van der Waals surface area (Å²) in [5.74, 6) is 0.602. The molecule has 0 aliphatic heterocycles. The Bertz CT molecular complexity index is 1170. The Balaban J connectivity index is 1.43. The van der Waals surface area contributed by atoms with Gasteiger partial charge >= 0.3 is 0 Å². The van der Waals surface area contributed by atoms with E-state index in [0.717, 1.165) is 41.6 Å². The maximum absolute atomic E-state index is 6.03. The Labute approximate surface area is 194 Å². The second-order valence-corrected chi connectivity index (χ2v) is 9.32. The predicted octanol–water partition coefficient (Wildman–Crippen LogP) is 7.06. The molecule has 2 aromatic heterocycles. The molecule has 0 atom stereocenters. The summed E-state index contributed by atoms with van der Waals surface area (Å²) in [4.78, 5) is 14.3. The zero-order chi connectivity index (χ0) is 22.3. The molecule has 0 saturated carbocycles. The van der Waals surface area contributed by atoms with Gasteiger partial charge in [-0.3, -0.25) is 0 Å². The number of ether oxygens (including phenoxy) is 1. The first kappa shape index (κ1) is 22.4. The van der Waals surface area contributed by atoms with Crippen LogP contribution < -0.4 is 4.74 Å². The van der Waals surface area contributed by atoms with Crippen LogP contribution in [0.5, 0.6) is 5.88 Å². The molecule has 0 N–H and O–H groups in total. The maximum atomic E-state index is 6.03. The number of benzene rings is 2. The number of unbranched alkanes of at least 4 members (excludes halogenated alkanes) is 2. The Morgan fingerprint density at radius 3 is 2.41 bits per heavy atom.